The second-order valence-corrected chi connectivity index (χ2v) is 8.80. The number of sulfonamides is 1. The molecule has 0 atom stereocenters. The molecule has 168 valence electrons. The van der Waals surface area contributed by atoms with Crippen LogP contribution in [0.15, 0.2) is 51.9 Å². The fourth-order valence-corrected chi connectivity index (χ4v) is 3.98. The molecular weight excluding hydrogens is 430 g/mol. The standard InChI is InChI=1S/C23H25N3O5S/c1-5-22(27)24-23-16(3)25-31-21(23)13-9-17-7-10-18(11-8-17)32(28,29)26-19-14-15(2)6-12-20(19)30-4/h6-14,26H,5H2,1-4H3,(H,24,27)/b13-9-. The molecular formula is C23H25N3O5S. The topological polar surface area (TPSA) is 111 Å². The summed E-state index contributed by atoms with van der Waals surface area (Å²) in [5.74, 6) is 0.708. The van der Waals surface area contributed by atoms with Gasteiger partial charge in [-0.15, -0.1) is 0 Å². The Hall–Kier alpha value is -3.59. The average molecular weight is 456 g/mol. The number of carbonyl (C=O) groups excluding carboxylic acids is 1. The van der Waals surface area contributed by atoms with Crippen molar-refractivity contribution in [2.24, 2.45) is 0 Å². The van der Waals surface area contributed by atoms with Crippen molar-refractivity contribution in [3.8, 4) is 5.75 Å². The Labute approximate surface area is 187 Å². The average Bonchev–Trinajstić information content (AvgIpc) is 3.11. The van der Waals surface area contributed by atoms with Crippen molar-refractivity contribution in [1.29, 1.82) is 0 Å². The van der Waals surface area contributed by atoms with Crippen molar-refractivity contribution in [1.82, 2.24) is 5.16 Å². The maximum Gasteiger partial charge on any atom is 0.262 e. The molecule has 0 unspecified atom stereocenters. The lowest BCUT2D eigenvalue weighted by atomic mass is 10.2. The van der Waals surface area contributed by atoms with Gasteiger partial charge in [0.15, 0.2) is 5.76 Å². The molecule has 0 aliphatic heterocycles. The molecule has 1 amide bonds. The molecule has 2 aromatic carbocycles. The van der Waals surface area contributed by atoms with Crippen molar-refractivity contribution >= 4 is 39.5 Å². The Balaban J connectivity index is 1.78. The van der Waals surface area contributed by atoms with Gasteiger partial charge in [0, 0.05) is 6.42 Å². The van der Waals surface area contributed by atoms with E-state index in [0.29, 0.717) is 35.0 Å². The van der Waals surface area contributed by atoms with E-state index in [-0.39, 0.29) is 10.8 Å². The highest BCUT2D eigenvalue weighted by atomic mass is 32.2. The Morgan fingerprint density at radius 1 is 1.12 bits per heavy atom. The molecule has 3 rings (SSSR count). The van der Waals surface area contributed by atoms with Crippen molar-refractivity contribution in [2.45, 2.75) is 32.1 Å². The lowest BCUT2D eigenvalue weighted by Gasteiger charge is -2.12. The third-order valence-corrected chi connectivity index (χ3v) is 6.07. The van der Waals surface area contributed by atoms with Gasteiger partial charge in [-0.3, -0.25) is 9.52 Å². The van der Waals surface area contributed by atoms with E-state index < -0.39 is 10.0 Å². The summed E-state index contributed by atoms with van der Waals surface area (Å²) in [6, 6.07) is 11.6. The van der Waals surface area contributed by atoms with E-state index in [2.05, 4.69) is 15.2 Å². The number of ether oxygens (including phenoxy) is 1. The van der Waals surface area contributed by atoms with E-state index in [1.54, 1.807) is 50.3 Å². The second kappa shape index (κ2) is 9.69. The SMILES string of the molecule is CCC(=O)Nc1c(C)noc1/C=C\c1ccc(S(=O)(=O)Nc2cc(C)ccc2OC)cc1. The summed E-state index contributed by atoms with van der Waals surface area (Å²) in [7, 11) is -2.31. The van der Waals surface area contributed by atoms with Crippen LogP contribution in [0.1, 0.15) is 35.9 Å². The first kappa shape index (κ1) is 23.1. The van der Waals surface area contributed by atoms with Crippen molar-refractivity contribution in [3.05, 3.63) is 65.0 Å². The number of aromatic nitrogens is 1. The molecule has 1 aromatic heterocycles. The van der Waals surface area contributed by atoms with E-state index in [0.717, 1.165) is 11.1 Å². The summed E-state index contributed by atoms with van der Waals surface area (Å²) < 4.78 is 38.7. The summed E-state index contributed by atoms with van der Waals surface area (Å²) in [6.45, 7) is 5.36. The normalized spacial score (nSPS) is 11.5. The number of benzene rings is 2. The highest BCUT2D eigenvalue weighted by Gasteiger charge is 2.17. The predicted octanol–water partition coefficient (Wildman–Crippen LogP) is 4.62. The summed E-state index contributed by atoms with van der Waals surface area (Å²) in [5, 5.41) is 6.65. The minimum Gasteiger partial charge on any atom is -0.495 e. The zero-order chi connectivity index (χ0) is 23.3. The molecule has 32 heavy (non-hydrogen) atoms. The van der Waals surface area contributed by atoms with E-state index in [9.17, 15) is 13.2 Å². The van der Waals surface area contributed by atoms with Gasteiger partial charge in [0.1, 0.15) is 17.1 Å². The molecule has 0 aliphatic carbocycles. The minimum absolute atomic E-state index is 0.115. The highest BCUT2D eigenvalue weighted by Crippen LogP contribution is 2.28. The molecule has 0 radical (unpaired) electrons. The largest absolute Gasteiger partial charge is 0.495 e. The third-order valence-electron chi connectivity index (χ3n) is 4.69. The maximum absolute atomic E-state index is 12.8. The molecule has 0 saturated heterocycles. The van der Waals surface area contributed by atoms with Crippen molar-refractivity contribution in [2.75, 3.05) is 17.1 Å². The number of anilines is 2. The summed E-state index contributed by atoms with van der Waals surface area (Å²) >= 11 is 0. The Morgan fingerprint density at radius 3 is 2.50 bits per heavy atom. The van der Waals surface area contributed by atoms with Crippen LogP contribution in [0, 0.1) is 13.8 Å². The molecule has 0 spiro atoms. The number of methoxy groups -OCH3 is 1. The monoisotopic (exact) mass is 455 g/mol. The van der Waals surface area contributed by atoms with Crippen LogP contribution in [0.4, 0.5) is 11.4 Å². The maximum atomic E-state index is 12.8. The number of hydrogen-bond acceptors (Lipinski definition) is 6. The van der Waals surface area contributed by atoms with Gasteiger partial charge in [0.2, 0.25) is 5.91 Å². The molecule has 3 aromatic rings. The van der Waals surface area contributed by atoms with E-state index >= 15 is 0 Å². The number of carbonyl (C=O) groups is 1. The second-order valence-electron chi connectivity index (χ2n) is 7.12. The number of nitrogens with one attached hydrogen (secondary N) is 2. The van der Waals surface area contributed by atoms with Crippen LogP contribution in [-0.4, -0.2) is 26.6 Å². The molecule has 2 N–H and O–H groups in total. The molecule has 1 heterocycles. The lowest BCUT2D eigenvalue weighted by Crippen LogP contribution is -2.13. The van der Waals surface area contributed by atoms with Gasteiger partial charge < -0.3 is 14.6 Å². The quantitative estimate of drug-likeness (QED) is 0.513. The van der Waals surface area contributed by atoms with Crippen LogP contribution >= 0.6 is 0 Å². The number of rotatable bonds is 8. The smallest absolute Gasteiger partial charge is 0.262 e. The molecule has 0 fully saturated rings. The van der Waals surface area contributed by atoms with Crippen molar-refractivity contribution in [3.63, 3.8) is 0 Å². The van der Waals surface area contributed by atoms with Gasteiger partial charge >= 0.3 is 0 Å². The lowest BCUT2D eigenvalue weighted by molar-refractivity contribution is -0.115. The van der Waals surface area contributed by atoms with Gasteiger partial charge in [-0.2, -0.15) is 0 Å². The molecule has 9 heteroatoms. The van der Waals surface area contributed by atoms with Crippen molar-refractivity contribution < 1.29 is 22.5 Å². The highest BCUT2D eigenvalue weighted by molar-refractivity contribution is 7.92. The molecule has 0 bridgehead atoms. The number of amides is 1. The first-order valence-electron chi connectivity index (χ1n) is 9.95. The first-order valence-corrected chi connectivity index (χ1v) is 11.4. The van der Waals surface area contributed by atoms with Crippen LogP contribution in [-0.2, 0) is 14.8 Å². The van der Waals surface area contributed by atoms with E-state index in [1.165, 1.54) is 19.2 Å². The number of nitrogens with zero attached hydrogens (tertiary/aromatic N) is 1. The van der Waals surface area contributed by atoms with Gasteiger partial charge in [0.05, 0.1) is 17.7 Å². The van der Waals surface area contributed by atoms with Gasteiger partial charge in [-0.25, -0.2) is 8.42 Å². The van der Waals surface area contributed by atoms with Crippen LogP contribution in [0.5, 0.6) is 5.75 Å². The zero-order valence-electron chi connectivity index (χ0n) is 18.3. The van der Waals surface area contributed by atoms with Gasteiger partial charge in [-0.05, 0) is 55.3 Å². The Morgan fingerprint density at radius 2 is 1.84 bits per heavy atom. The molecule has 8 nitrogen and oxygen atoms in total. The summed E-state index contributed by atoms with van der Waals surface area (Å²) in [4.78, 5) is 11.8. The Bertz CT molecular complexity index is 1250. The molecule has 0 saturated carbocycles. The summed E-state index contributed by atoms with van der Waals surface area (Å²) in [6.07, 6.45) is 3.76. The van der Waals surface area contributed by atoms with Crippen LogP contribution in [0.3, 0.4) is 0 Å². The molecule has 0 aliphatic rings. The predicted molar refractivity (Wildman–Crippen MR) is 124 cm³/mol. The summed E-state index contributed by atoms with van der Waals surface area (Å²) in [5.41, 5.74) is 3.12. The Kier molecular flexibility index (Phi) is 6.99. The van der Waals surface area contributed by atoms with Gasteiger partial charge in [-0.1, -0.05) is 36.4 Å². The fraction of sp³-hybridized carbons (Fsp3) is 0.217. The third kappa shape index (κ3) is 5.36. The number of hydrogen-bond donors (Lipinski definition) is 2. The number of aryl methyl sites for hydroxylation is 2. The van der Waals surface area contributed by atoms with Crippen LogP contribution in [0.2, 0.25) is 0 Å². The zero-order valence-corrected chi connectivity index (χ0v) is 19.1. The van der Waals surface area contributed by atoms with Crippen LogP contribution in [0.25, 0.3) is 12.2 Å². The van der Waals surface area contributed by atoms with Gasteiger partial charge in [0.25, 0.3) is 10.0 Å². The fourth-order valence-electron chi connectivity index (χ4n) is 2.92. The van der Waals surface area contributed by atoms with Crippen LogP contribution < -0.4 is 14.8 Å². The first-order chi connectivity index (χ1) is 15.2. The minimum atomic E-state index is -3.80. The van der Waals surface area contributed by atoms with E-state index in [4.69, 9.17) is 9.26 Å². The van der Waals surface area contributed by atoms with E-state index in [1.807, 2.05) is 13.0 Å².